The molecular formula is C19H25ClN2O5S2. The van der Waals surface area contributed by atoms with Crippen molar-refractivity contribution in [3.05, 3.63) is 30.3 Å². The fourth-order valence-electron chi connectivity index (χ4n) is 2.72. The van der Waals surface area contributed by atoms with Crippen LogP contribution in [0.15, 0.2) is 30.3 Å². The Morgan fingerprint density at radius 3 is 2.59 bits per heavy atom. The summed E-state index contributed by atoms with van der Waals surface area (Å²) in [7, 11) is 0. The van der Waals surface area contributed by atoms with E-state index in [1.165, 1.54) is 5.01 Å². The molecule has 1 aliphatic heterocycles. The predicted octanol–water partition coefficient (Wildman–Crippen LogP) is 3.27. The van der Waals surface area contributed by atoms with Crippen molar-refractivity contribution >= 4 is 58.1 Å². The van der Waals surface area contributed by atoms with Gasteiger partial charge in [-0.15, -0.1) is 0 Å². The van der Waals surface area contributed by atoms with Gasteiger partial charge in [0.2, 0.25) is 0 Å². The summed E-state index contributed by atoms with van der Waals surface area (Å²) in [5.74, 6) is 1.88. The third kappa shape index (κ3) is 6.80. The van der Waals surface area contributed by atoms with Gasteiger partial charge in [-0.05, 0) is 36.9 Å². The van der Waals surface area contributed by atoms with Crippen LogP contribution in [-0.4, -0.2) is 72.1 Å². The maximum absolute atomic E-state index is 12.8. The molecule has 0 aromatic heterocycles. The number of carbonyl (C=O) groups excluding carboxylic acids is 3. The van der Waals surface area contributed by atoms with Crippen molar-refractivity contribution in [2.75, 3.05) is 54.9 Å². The number of hydrazine groups is 1. The smallest absolute Gasteiger partial charge is 0.342 e. The summed E-state index contributed by atoms with van der Waals surface area (Å²) in [6, 6.07) is 8.95. The first-order chi connectivity index (χ1) is 13.9. The van der Waals surface area contributed by atoms with Crippen LogP contribution in [0.2, 0.25) is 0 Å². The van der Waals surface area contributed by atoms with E-state index in [-0.39, 0.29) is 19.8 Å². The number of hydrogen-bond acceptors (Lipinski definition) is 8. The molecule has 0 saturated carbocycles. The second-order valence-corrected chi connectivity index (χ2v) is 9.18. The molecule has 1 aromatic carbocycles. The fourth-order valence-corrected chi connectivity index (χ4v) is 4.47. The Morgan fingerprint density at radius 2 is 1.93 bits per heavy atom. The second kappa shape index (κ2) is 11.7. The van der Waals surface area contributed by atoms with Crippen LogP contribution < -0.4 is 5.01 Å². The molecule has 7 nitrogen and oxygen atoms in total. The van der Waals surface area contributed by atoms with E-state index in [0.29, 0.717) is 12.3 Å². The van der Waals surface area contributed by atoms with Crippen molar-refractivity contribution in [3.63, 3.8) is 0 Å². The van der Waals surface area contributed by atoms with Crippen LogP contribution in [0.4, 0.5) is 10.5 Å². The summed E-state index contributed by atoms with van der Waals surface area (Å²) in [6.45, 7) is 1.92. The van der Waals surface area contributed by atoms with Gasteiger partial charge < -0.3 is 9.47 Å². The van der Waals surface area contributed by atoms with Crippen LogP contribution in [0.5, 0.6) is 0 Å². The van der Waals surface area contributed by atoms with Crippen LogP contribution in [0, 0.1) is 5.41 Å². The number of anilines is 1. The fraction of sp³-hybridized carbons (Fsp3) is 0.526. The zero-order valence-corrected chi connectivity index (χ0v) is 18.9. The number of hydrogen-bond donors (Lipinski definition) is 0. The first kappa shape index (κ1) is 23.9. The lowest BCUT2D eigenvalue weighted by molar-refractivity contribution is -0.153. The molecule has 1 unspecified atom stereocenters. The zero-order chi connectivity index (χ0) is 21.3. The van der Waals surface area contributed by atoms with Gasteiger partial charge in [-0.1, -0.05) is 18.2 Å². The second-order valence-electron chi connectivity index (χ2n) is 6.64. The summed E-state index contributed by atoms with van der Waals surface area (Å²) in [5, 5.41) is 1.47. The van der Waals surface area contributed by atoms with Gasteiger partial charge in [0.1, 0.15) is 18.6 Å². The zero-order valence-electron chi connectivity index (χ0n) is 16.5. The first-order valence-electron chi connectivity index (χ1n) is 9.05. The SMILES string of the molecule is CSCCSCCOCC(=O)OCC1(C)CN(c2ccccc2)N(C(=O)Cl)C1=O. The Hall–Kier alpha value is -1.42. The Bertz CT molecular complexity index is 709. The van der Waals surface area contributed by atoms with Gasteiger partial charge >= 0.3 is 11.3 Å². The Kier molecular flexibility index (Phi) is 9.61. The van der Waals surface area contributed by atoms with Gasteiger partial charge in [0.15, 0.2) is 0 Å². The van der Waals surface area contributed by atoms with Crippen molar-refractivity contribution in [2.24, 2.45) is 5.41 Å². The van der Waals surface area contributed by atoms with Crippen LogP contribution in [0.25, 0.3) is 0 Å². The number of imide groups is 1. The molecule has 1 fully saturated rings. The molecule has 1 aromatic rings. The van der Waals surface area contributed by atoms with Gasteiger partial charge in [0.05, 0.1) is 18.8 Å². The highest BCUT2D eigenvalue weighted by Crippen LogP contribution is 2.35. The van der Waals surface area contributed by atoms with Crippen LogP contribution >= 0.6 is 35.1 Å². The summed E-state index contributed by atoms with van der Waals surface area (Å²) >= 11 is 9.19. The van der Waals surface area contributed by atoms with E-state index >= 15 is 0 Å². The number of amides is 2. The molecular weight excluding hydrogens is 436 g/mol. The van der Waals surface area contributed by atoms with Gasteiger partial charge in [0, 0.05) is 17.3 Å². The topological polar surface area (TPSA) is 76.2 Å². The maximum Gasteiger partial charge on any atom is 0.342 e. The molecule has 1 atom stereocenters. The van der Waals surface area contributed by atoms with Crippen molar-refractivity contribution < 1.29 is 23.9 Å². The molecule has 0 aliphatic carbocycles. The monoisotopic (exact) mass is 460 g/mol. The van der Waals surface area contributed by atoms with E-state index in [4.69, 9.17) is 21.1 Å². The molecule has 10 heteroatoms. The predicted molar refractivity (Wildman–Crippen MR) is 117 cm³/mol. The number of halogens is 1. The summed E-state index contributed by atoms with van der Waals surface area (Å²) in [4.78, 5) is 36.6. The molecule has 160 valence electrons. The molecule has 1 saturated heterocycles. The molecule has 1 aliphatic rings. The maximum atomic E-state index is 12.8. The average Bonchev–Trinajstić information content (AvgIpc) is 2.98. The van der Waals surface area contributed by atoms with Gasteiger partial charge in [-0.2, -0.15) is 28.5 Å². The molecule has 0 radical (unpaired) electrons. The molecule has 2 amide bonds. The van der Waals surface area contributed by atoms with Crippen LogP contribution in [0.1, 0.15) is 6.92 Å². The lowest BCUT2D eigenvalue weighted by atomic mass is 9.92. The van der Waals surface area contributed by atoms with Crippen molar-refractivity contribution in [2.45, 2.75) is 6.92 Å². The Balaban J connectivity index is 1.85. The molecule has 2 rings (SSSR count). The van der Waals surface area contributed by atoms with Gasteiger partial charge in [-0.25, -0.2) is 4.79 Å². The van der Waals surface area contributed by atoms with Gasteiger partial charge in [0.25, 0.3) is 5.91 Å². The minimum Gasteiger partial charge on any atom is -0.463 e. The molecule has 0 bridgehead atoms. The van der Waals surface area contributed by atoms with E-state index in [1.54, 1.807) is 54.7 Å². The van der Waals surface area contributed by atoms with Gasteiger partial charge in [-0.3, -0.25) is 14.6 Å². The molecule has 0 spiro atoms. The van der Waals surface area contributed by atoms with E-state index in [0.717, 1.165) is 22.3 Å². The Morgan fingerprint density at radius 1 is 1.21 bits per heavy atom. The lowest BCUT2D eigenvalue weighted by Crippen LogP contribution is -2.42. The highest BCUT2D eigenvalue weighted by molar-refractivity contribution is 8.02. The van der Waals surface area contributed by atoms with Crippen LogP contribution in [-0.2, 0) is 19.1 Å². The lowest BCUT2D eigenvalue weighted by Gasteiger charge is -2.25. The minimum atomic E-state index is -1.09. The minimum absolute atomic E-state index is 0.161. The highest BCUT2D eigenvalue weighted by atomic mass is 35.5. The van der Waals surface area contributed by atoms with Crippen molar-refractivity contribution in [1.29, 1.82) is 0 Å². The van der Waals surface area contributed by atoms with E-state index in [1.807, 2.05) is 6.07 Å². The summed E-state index contributed by atoms with van der Waals surface area (Å²) in [5.41, 5.74) is -0.448. The number of para-hydroxylation sites is 1. The Labute approximate surface area is 184 Å². The third-order valence-corrected chi connectivity index (χ3v) is 6.22. The number of nitrogens with zero attached hydrogens (tertiary/aromatic N) is 2. The molecule has 0 N–H and O–H groups in total. The normalized spacial score (nSPS) is 18.9. The molecule has 1 heterocycles. The van der Waals surface area contributed by atoms with Crippen molar-refractivity contribution in [3.8, 4) is 0 Å². The number of benzene rings is 1. The van der Waals surface area contributed by atoms with Crippen molar-refractivity contribution in [1.82, 2.24) is 5.01 Å². The average molecular weight is 461 g/mol. The number of ether oxygens (including phenoxy) is 2. The van der Waals surface area contributed by atoms with E-state index < -0.39 is 22.7 Å². The third-order valence-electron chi connectivity index (χ3n) is 4.25. The number of thioether (sulfide) groups is 2. The number of esters is 1. The largest absolute Gasteiger partial charge is 0.463 e. The standard InChI is InChI=1S/C19H25ClN2O5S2/c1-19(14-27-16(23)12-26-8-9-29-11-10-28-2)13-21(15-6-4-3-5-7-15)22(17(19)24)18(20)25/h3-7H,8-14H2,1-2H3. The summed E-state index contributed by atoms with van der Waals surface area (Å²) < 4.78 is 10.6. The van der Waals surface area contributed by atoms with Crippen LogP contribution in [0.3, 0.4) is 0 Å². The highest BCUT2D eigenvalue weighted by Gasteiger charge is 2.51. The summed E-state index contributed by atoms with van der Waals surface area (Å²) in [6.07, 6.45) is 2.06. The quantitative estimate of drug-likeness (QED) is 0.215. The molecule has 29 heavy (non-hydrogen) atoms. The first-order valence-corrected chi connectivity index (χ1v) is 12.0. The number of rotatable bonds is 11. The van der Waals surface area contributed by atoms with E-state index in [9.17, 15) is 14.4 Å². The number of carbonyl (C=O) groups is 3. The van der Waals surface area contributed by atoms with E-state index in [2.05, 4.69) is 6.26 Å².